The lowest BCUT2D eigenvalue weighted by molar-refractivity contribution is 0.416. The molecule has 35 heavy (non-hydrogen) atoms. The van der Waals surface area contributed by atoms with E-state index in [1.54, 1.807) is 19.4 Å². The fourth-order valence-corrected chi connectivity index (χ4v) is 4.42. The predicted octanol–water partition coefficient (Wildman–Crippen LogP) is 3.93. The van der Waals surface area contributed by atoms with Crippen LogP contribution in [0.25, 0.3) is 10.8 Å². The number of hydrogen-bond donors (Lipinski definition) is 4. The lowest BCUT2D eigenvalue weighted by Crippen LogP contribution is -2.43. The first-order valence-electron chi connectivity index (χ1n) is 10.9. The van der Waals surface area contributed by atoms with E-state index >= 15 is 0 Å². The molecule has 5 rings (SSSR count). The summed E-state index contributed by atoms with van der Waals surface area (Å²) < 4.78 is 5.66. The zero-order valence-corrected chi connectivity index (χ0v) is 20.2. The van der Waals surface area contributed by atoms with Crippen LogP contribution < -0.4 is 31.1 Å². The van der Waals surface area contributed by atoms with Crippen molar-refractivity contribution in [3.63, 3.8) is 0 Å². The Hall–Kier alpha value is -3.60. The number of aromatic amines is 1. The Bertz CT molecular complexity index is 1420. The SMILES string of the molecule is COc1cc(N2CCNCC2)ccc1Nc1nc(Nc2c(Cl)cncc2Cl)cc2cn[nH]c(=O)c12. The van der Waals surface area contributed by atoms with Gasteiger partial charge in [-0.1, -0.05) is 23.2 Å². The Morgan fingerprint density at radius 1 is 1.06 bits per heavy atom. The smallest absolute Gasteiger partial charge is 0.275 e. The van der Waals surface area contributed by atoms with E-state index in [1.165, 1.54) is 12.4 Å². The summed E-state index contributed by atoms with van der Waals surface area (Å²) >= 11 is 12.5. The molecule has 0 atom stereocenters. The number of rotatable bonds is 6. The number of fused-ring (bicyclic) bond motifs is 1. The number of nitrogens with one attached hydrogen (secondary N) is 4. The number of ether oxygens (including phenoxy) is 1. The molecule has 1 aliphatic heterocycles. The zero-order valence-electron chi connectivity index (χ0n) is 18.7. The van der Waals surface area contributed by atoms with Crippen LogP contribution in [0.2, 0.25) is 10.0 Å². The van der Waals surface area contributed by atoms with Crippen molar-refractivity contribution in [2.75, 3.05) is 48.8 Å². The number of aromatic nitrogens is 4. The number of anilines is 5. The summed E-state index contributed by atoms with van der Waals surface area (Å²) in [4.78, 5) is 23.6. The summed E-state index contributed by atoms with van der Waals surface area (Å²) in [6.07, 6.45) is 4.51. The van der Waals surface area contributed by atoms with E-state index in [1.807, 2.05) is 18.2 Å². The minimum atomic E-state index is -0.375. The third-order valence-electron chi connectivity index (χ3n) is 5.67. The van der Waals surface area contributed by atoms with Gasteiger partial charge in [-0.3, -0.25) is 9.78 Å². The van der Waals surface area contributed by atoms with Crippen molar-refractivity contribution in [1.82, 2.24) is 25.5 Å². The summed E-state index contributed by atoms with van der Waals surface area (Å²) in [5.74, 6) is 1.36. The van der Waals surface area contributed by atoms with Crippen molar-refractivity contribution in [2.24, 2.45) is 0 Å². The largest absolute Gasteiger partial charge is 0.494 e. The molecule has 4 aromatic rings. The highest BCUT2D eigenvalue weighted by Crippen LogP contribution is 2.35. The summed E-state index contributed by atoms with van der Waals surface area (Å²) in [5, 5.41) is 17.7. The van der Waals surface area contributed by atoms with Crippen LogP contribution in [-0.2, 0) is 0 Å². The van der Waals surface area contributed by atoms with E-state index in [0.717, 1.165) is 31.9 Å². The van der Waals surface area contributed by atoms with Crippen LogP contribution in [-0.4, -0.2) is 53.5 Å². The molecule has 0 aliphatic carbocycles. The summed E-state index contributed by atoms with van der Waals surface area (Å²) in [6, 6.07) is 7.60. The first kappa shape index (κ1) is 23.2. The maximum Gasteiger partial charge on any atom is 0.275 e. The molecular formula is C23H22Cl2N8O2. The van der Waals surface area contributed by atoms with Gasteiger partial charge in [-0.25, -0.2) is 10.1 Å². The maximum absolute atomic E-state index is 12.7. The number of hydrogen-bond acceptors (Lipinski definition) is 9. The molecule has 1 fully saturated rings. The minimum absolute atomic E-state index is 0.322. The lowest BCUT2D eigenvalue weighted by Gasteiger charge is -2.30. The van der Waals surface area contributed by atoms with Crippen LogP contribution in [0.5, 0.6) is 5.75 Å². The van der Waals surface area contributed by atoms with Crippen molar-refractivity contribution in [3.05, 3.63) is 63.3 Å². The van der Waals surface area contributed by atoms with Crippen LogP contribution in [0.4, 0.5) is 28.7 Å². The number of benzene rings is 1. The third kappa shape index (κ3) is 4.81. The molecule has 0 spiro atoms. The van der Waals surface area contributed by atoms with Gasteiger partial charge >= 0.3 is 0 Å². The molecule has 10 nitrogen and oxygen atoms in total. The fourth-order valence-electron chi connectivity index (χ4n) is 3.97. The van der Waals surface area contributed by atoms with E-state index in [0.29, 0.717) is 49.6 Å². The molecule has 0 amide bonds. The first-order valence-corrected chi connectivity index (χ1v) is 11.6. The van der Waals surface area contributed by atoms with Crippen LogP contribution in [0.15, 0.2) is 47.7 Å². The molecule has 4 heterocycles. The van der Waals surface area contributed by atoms with E-state index in [-0.39, 0.29) is 5.56 Å². The van der Waals surface area contributed by atoms with Crippen molar-refractivity contribution in [2.45, 2.75) is 0 Å². The molecule has 1 saturated heterocycles. The fraction of sp³-hybridized carbons (Fsp3) is 0.217. The molecular weight excluding hydrogens is 491 g/mol. The highest BCUT2D eigenvalue weighted by molar-refractivity contribution is 6.39. The van der Waals surface area contributed by atoms with Crippen molar-refractivity contribution in [1.29, 1.82) is 0 Å². The average Bonchev–Trinajstić information content (AvgIpc) is 2.87. The number of methoxy groups -OCH3 is 1. The van der Waals surface area contributed by atoms with Gasteiger partial charge in [0.1, 0.15) is 17.4 Å². The number of pyridine rings is 2. The molecule has 3 aromatic heterocycles. The third-order valence-corrected chi connectivity index (χ3v) is 6.25. The van der Waals surface area contributed by atoms with E-state index in [2.05, 4.69) is 41.0 Å². The molecule has 4 N–H and O–H groups in total. The standard InChI is InChI=1S/C23H22Cl2N8O2/c1-35-18-9-14(33-6-4-26-5-7-33)2-3-17(18)29-22-20-13(10-28-32-23(20)34)8-19(31-22)30-21-15(24)11-27-12-16(21)25/h2-3,8-12,26H,4-7H2,1H3,(H,32,34)(H2,27,29,30,31). The molecule has 12 heteroatoms. The number of nitrogens with zero attached hydrogens (tertiary/aromatic N) is 4. The number of piperazine rings is 1. The minimum Gasteiger partial charge on any atom is -0.494 e. The van der Waals surface area contributed by atoms with Gasteiger partial charge in [0.15, 0.2) is 0 Å². The molecule has 0 saturated carbocycles. The number of halogens is 2. The van der Waals surface area contributed by atoms with Crippen LogP contribution in [0, 0.1) is 0 Å². The van der Waals surface area contributed by atoms with E-state index in [4.69, 9.17) is 27.9 Å². The maximum atomic E-state index is 12.7. The van der Waals surface area contributed by atoms with Crippen molar-refractivity contribution < 1.29 is 4.74 Å². The summed E-state index contributed by atoms with van der Waals surface area (Å²) in [5.41, 5.74) is 1.80. The van der Waals surface area contributed by atoms with Gasteiger partial charge in [0.25, 0.3) is 5.56 Å². The van der Waals surface area contributed by atoms with Crippen molar-refractivity contribution in [3.8, 4) is 5.75 Å². The molecule has 0 bridgehead atoms. The Morgan fingerprint density at radius 3 is 2.57 bits per heavy atom. The second-order valence-electron chi connectivity index (χ2n) is 7.87. The topological polar surface area (TPSA) is 120 Å². The van der Waals surface area contributed by atoms with Crippen molar-refractivity contribution >= 4 is 62.7 Å². The van der Waals surface area contributed by atoms with Gasteiger partial charge in [0.2, 0.25) is 0 Å². The second kappa shape index (κ2) is 9.95. The Balaban J connectivity index is 1.55. The quantitative estimate of drug-likeness (QED) is 0.304. The normalized spacial score (nSPS) is 13.6. The van der Waals surface area contributed by atoms with Crippen LogP contribution >= 0.6 is 23.2 Å². The lowest BCUT2D eigenvalue weighted by atomic mass is 10.2. The Kier molecular flexibility index (Phi) is 6.58. The van der Waals surface area contributed by atoms with Crippen LogP contribution in [0.3, 0.4) is 0 Å². The van der Waals surface area contributed by atoms with Gasteiger partial charge < -0.3 is 25.6 Å². The second-order valence-corrected chi connectivity index (χ2v) is 8.68. The Labute approximate surface area is 210 Å². The van der Waals surface area contributed by atoms with E-state index in [9.17, 15) is 4.79 Å². The molecule has 180 valence electrons. The molecule has 1 aromatic carbocycles. The van der Waals surface area contributed by atoms with Gasteiger partial charge in [0, 0.05) is 55.7 Å². The zero-order chi connectivity index (χ0) is 24.4. The molecule has 0 unspecified atom stereocenters. The van der Waals surface area contributed by atoms with Gasteiger partial charge in [0.05, 0.1) is 40.1 Å². The van der Waals surface area contributed by atoms with Crippen LogP contribution in [0.1, 0.15) is 0 Å². The summed E-state index contributed by atoms with van der Waals surface area (Å²) in [7, 11) is 1.61. The predicted molar refractivity (Wildman–Crippen MR) is 139 cm³/mol. The molecule has 0 radical (unpaired) electrons. The highest BCUT2D eigenvalue weighted by atomic mass is 35.5. The monoisotopic (exact) mass is 512 g/mol. The van der Waals surface area contributed by atoms with Gasteiger partial charge in [-0.2, -0.15) is 5.10 Å². The average molecular weight is 513 g/mol. The number of H-pyrrole nitrogens is 1. The van der Waals surface area contributed by atoms with Gasteiger partial charge in [-0.15, -0.1) is 0 Å². The molecule has 1 aliphatic rings. The first-order chi connectivity index (χ1) is 17.0. The highest BCUT2D eigenvalue weighted by Gasteiger charge is 2.17. The summed E-state index contributed by atoms with van der Waals surface area (Å²) in [6.45, 7) is 3.69. The Morgan fingerprint density at radius 2 is 1.83 bits per heavy atom. The van der Waals surface area contributed by atoms with Gasteiger partial charge in [-0.05, 0) is 18.2 Å². The van der Waals surface area contributed by atoms with E-state index < -0.39 is 0 Å².